The van der Waals surface area contributed by atoms with E-state index in [0.717, 1.165) is 12.0 Å². The fourth-order valence-corrected chi connectivity index (χ4v) is 3.18. The van der Waals surface area contributed by atoms with Crippen molar-refractivity contribution < 1.29 is 19.1 Å². The van der Waals surface area contributed by atoms with Crippen LogP contribution in [-0.4, -0.2) is 43.0 Å². The minimum Gasteiger partial charge on any atom is -0.489 e. The summed E-state index contributed by atoms with van der Waals surface area (Å²) in [6.45, 7) is 2.08. The van der Waals surface area contributed by atoms with E-state index in [4.69, 9.17) is 26.8 Å². The SMILES string of the molecule is NC(=O)C1CCN(C(=O)Cc2cc(Cl)c3c(c2)OCCCO3)C1. The second-order valence-corrected chi connectivity index (χ2v) is 6.27. The number of fused-ring (bicyclic) bond motifs is 1. The van der Waals surface area contributed by atoms with Crippen molar-refractivity contribution in [1.82, 2.24) is 4.90 Å². The van der Waals surface area contributed by atoms with Crippen molar-refractivity contribution in [2.75, 3.05) is 26.3 Å². The zero-order chi connectivity index (χ0) is 16.4. The van der Waals surface area contributed by atoms with Crippen LogP contribution in [0.3, 0.4) is 0 Å². The van der Waals surface area contributed by atoms with E-state index >= 15 is 0 Å². The highest BCUT2D eigenvalue weighted by atomic mass is 35.5. The van der Waals surface area contributed by atoms with Crippen molar-refractivity contribution in [3.63, 3.8) is 0 Å². The molecule has 6 nitrogen and oxygen atoms in total. The quantitative estimate of drug-likeness (QED) is 0.902. The van der Waals surface area contributed by atoms with Crippen LogP contribution < -0.4 is 15.2 Å². The van der Waals surface area contributed by atoms with Gasteiger partial charge in [0.15, 0.2) is 11.5 Å². The molecule has 2 aliphatic heterocycles. The van der Waals surface area contributed by atoms with Gasteiger partial charge in [0.05, 0.1) is 30.6 Å². The molecule has 1 aromatic rings. The summed E-state index contributed by atoms with van der Waals surface area (Å²) in [6, 6.07) is 3.53. The number of halogens is 1. The van der Waals surface area contributed by atoms with Crippen LogP contribution in [0.4, 0.5) is 0 Å². The first-order valence-electron chi connectivity index (χ1n) is 7.69. The lowest BCUT2D eigenvalue weighted by Gasteiger charge is -2.17. The van der Waals surface area contributed by atoms with Gasteiger partial charge in [-0.15, -0.1) is 0 Å². The molecule has 1 aromatic carbocycles. The highest BCUT2D eigenvalue weighted by molar-refractivity contribution is 6.32. The van der Waals surface area contributed by atoms with Crippen LogP contribution in [0.15, 0.2) is 12.1 Å². The Morgan fingerprint density at radius 3 is 2.83 bits per heavy atom. The van der Waals surface area contributed by atoms with Crippen molar-refractivity contribution in [2.24, 2.45) is 11.7 Å². The molecule has 0 radical (unpaired) electrons. The first-order chi connectivity index (χ1) is 11.0. The van der Waals surface area contributed by atoms with Gasteiger partial charge in [-0.05, 0) is 24.1 Å². The maximum Gasteiger partial charge on any atom is 0.227 e. The lowest BCUT2D eigenvalue weighted by Crippen LogP contribution is -2.32. The molecule has 2 heterocycles. The first kappa shape index (κ1) is 15.9. The lowest BCUT2D eigenvalue weighted by atomic mass is 10.1. The van der Waals surface area contributed by atoms with Crippen LogP contribution >= 0.6 is 11.6 Å². The van der Waals surface area contributed by atoms with Gasteiger partial charge in [0.2, 0.25) is 11.8 Å². The van der Waals surface area contributed by atoms with Gasteiger partial charge in [-0.3, -0.25) is 9.59 Å². The molecule has 0 saturated carbocycles. The molecular weight excluding hydrogens is 320 g/mol. The Morgan fingerprint density at radius 1 is 1.30 bits per heavy atom. The molecule has 2 N–H and O–H groups in total. The number of primary amides is 1. The Kier molecular flexibility index (Phi) is 4.61. The molecule has 124 valence electrons. The van der Waals surface area contributed by atoms with E-state index in [1.807, 2.05) is 0 Å². The van der Waals surface area contributed by atoms with E-state index in [0.29, 0.717) is 49.2 Å². The molecule has 7 heteroatoms. The number of hydrogen-bond donors (Lipinski definition) is 1. The monoisotopic (exact) mass is 338 g/mol. The second-order valence-electron chi connectivity index (χ2n) is 5.86. The number of benzene rings is 1. The molecule has 3 rings (SSSR count). The summed E-state index contributed by atoms with van der Waals surface area (Å²) in [7, 11) is 0. The molecule has 2 aliphatic rings. The van der Waals surface area contributed by atoms with Crippen molar-refractivity contribution in [3.05, 3.63) is 22.7 Å². The van der Waals surface area contributed by atoms with Gasteiger partial charge < -0.3 is 20.1 Å². The second kappa shape index (κ2) is 6.66. The Bertz CT molecular complexity index is 635. The molecule has 0 bridgehead atoms. The minimum atomic E-state index is -0.348. The molecule has 0 aromatic heterocycles. The zero-order valence-electron chi connectivity index (χ0n) is 12.7. The molecule has 23 heavy (non-hydrogen) atoms. The molecule has 1 atom stereocenters. The number of carbonyl (C=O) groups is 2. The summed E-state index contributed by atoms with van der Waals surface area (Å²) in [6.07, 6.45) is 1.63. The third kappa shape index (κ3) is 3.52. The summed E-state index contributed by atoms with van der Waals surface area (Å²) in [5.41, 5.74) is 6.07. The smallest absolute Gasteiger partial charge is 0.227 e. The molecule has 1 fully saturated rings. The van der Waals surface area contributed by atoms with E-state index in [9.17, 15) is 9.59 Å². The van der Waals surface area contributed by atoms with Crippen LogP contribution in [-0.2, 0) is 16.0 Å². The minimum absolute atomic E-state index is 0.0423. The highest BCUT2D eigenvalue weighted by Gasteiger charge is 2.29. The van der Waals surface area contributed by atoms with Gasteiger partial charge in [-0.1, -0.05) is 11.6 Å². The van der Waals surface area contributed by atoms with Gasteiger partial charge in [0, 0.05) is 19.5 Å². The third-order valence-corrected chi connectivity index (χ3v) is 4.44. The summed E-state index contributed by atoms with van der Waals surface area (Å²) in [4.78, 5) is 25.3. The van der Waals surface area contributed by atoms with Gasteiger partial charge in [0.25, 0.3) is 0 Å². The van der Waals surface area contributed by atoms with Gasteiger partial charge in [-0.25, -0.2) is 0 Å². The largest absolute Gasteiger partial charge is 0.489 e. The van der Waals surface area contributed by atoms with Crippen LogP contribution in [0.5, 0.6) is 11.5 Å². The molecule has 0 aliphatic carbocycles. The number of carbonyl (C=O) groups excluding carboxylic acids is 2. The van der Waals surface area contributed by atoms with Crippen LogP contribution in [0.25, 0.3) is 0 Å². The Labute approximate surface area is 139 Å². The maximum absolute atomic E-state index is 12.4. The Hall–Kier alpha value is -1.95. The number of hydrogen-bond acceptors (Lipinski definition) is 4. The highest BCUT2D eigenvalue weighted by Crippen LogP contribution is 2.38. The van der Waals surface area contributed by atoms with Crippen LogP contribution in [0.1, 0.15) is 18.4 Å². The molecule has 0 spiro atoms. The zero-order valence-corrected chi connectivity index (χ0v) is 13.5. The number of rotatable bonds is 3. The average Bonchev–Trinajstić information content (AvgIpc) is 2.88. The third-order valence-electron chi connectivity index (χ3n) is 4.16. The topological polar surface area (TPSA) is 81.9 Å². The van der Waals surface area contributed by atoms with Crippen molar-refractivity contribution in [3.8, 4) is 11.5 Å². The number of likely N-dealkylation sites (tertiary alicyclic amines) is 1. The maximum atomic E-state index is 12.4. The van der Waals surface area contributed by atoms with Crippen molar-refractivity contribution in [2.45, 2.75) is 19.3 Å². The normalized spacial score (nSPS) is 20.2. The average molecular weight is 339 g/mol. The Morgan fingerprint density at radius 2 is 2.09 bits per heavy atom. The van der Waals surface area contributed by atoms with Crippen molar-refractivity contribution in [1.29, 1.82) is 0 Å². The fourth-order valence-electron chi connectivity index (χ4n) is 2.89. The predicted octanol–water partition coefficient (Wildman–Crippen LogP) is 1.38. The fraction of sp³-hybridized carbons (Fsp3) is 0.500. The van der Waals surface area contributed by atoms with Gasteiger partial charge >= 0.3 is 0 Å². The van der Waals surface area contributed by atoms with E-state index in [-0.39, 0.29) is 24.2 Å². The summed E-state index contributed by atoms with van der Waals surface area (Å²) < 4.78 is 11.2. The standard InChI is InChI=1S/C16H19ClN2O4/c17-12-6-10(7-13-15(12)23-5-1-4-22-13)8-14(20)19-3-2-11(9-19)16(18)21/h6-7,11H,1-5,8-9H2,(H2,18,21). The van der Waals surface area contributed by atoms with Crippen LogP contribution in [0, 0.1) is 5.92 Å². The number of nitrogens with zero attached hydrogens (tertiary/aromatic N) is 1. The number of amides is 2. The van der Waals surface area contributed by atoms with E-state index < -0.39 is 0 Å². The first-order valence-corrected chi connectivity index (χ1v) is 8.07. The summed E-state index contributed by atoms with van der Waals surface area (Å²) in [5, 5.41) is 0.448. The lowest BCUT2D eigenvalue weighted by molar-refractivity contribution is -0.129. The molecule has 1 saturated heterocycles. The number of ether oxygens (including phenoxy) is 2. The molecular formula is C16H19ClN2O4. The molecule has 1 unspecified atom stereocenters. The molecule has 2 amide bonds. The Balaban J connectivity index is 1.71. The van der Waals surface area contributed by atoms with Crippen LogP contribution in [0.2, 0.25) is 5.02 Å². The van der Waals surface area contributed by atoms with E-state index in [1.54, 1.807) is 17.0 Å². The van der Waals surface area contributed by atoms with Gasteiger partial charge in [-0.2, -0.15) is 0 Å². The van der Waals surface area contributed by atoms with Crippen molar-refractivity contribution >= 4 is 23.4 Å². The van der Waals surface area contributed by atoms with E-state index in [2.05, 4.69) is 0 Å². The predicted molar refractivity (Wildman–Crippen MR) is 84.6 cm³/mol. The van der Waals surface area contributed by atoms with Gasteiger partial charge in [0.1, 0.15) is 0 Å². The number of nitrogens with two attached hydrogens (primary N) is 1. The summed E-state index contributed by atoms with van der Waals surface area (Å²) >= 11 is 6.24. The van der Waals surface area contributed by atoms with E-state index in [1.165, 1.54) is 0 Å². The summed E-state index contributed by atoms with van der Waals surface area (Å²) in [5.74, 6) is 0.481.